The third-order valence-electron chi connectivity index (χ3n) is 6.62. The van der Waals surface area contributed by atoms with Crippen molar-refractivity contribution >= 4 is 29.2 Å². The zero-order chi connectivity index (χ0) is 24.0. The number of carbonyl (C=O) groups is 2. The summed E-state index contributed by atoms with van der Waals surface area (Å²) in [6.07, 6.45) is 2.13. The van der Waals surface area contributed by atoms with Crippen LogP contribution in [0.25, 0.3) is 11.1 Å². The minimum atomic E-state index is -1.25. The van der Waals surface area contributed by atoms with Crippen LogP contribution in [0, 0.1) is 17.4 Å². The topological polar surface area (TPSA) is 82.9 Å². The summed E-state index contributed by atoms with van der Waals surface area (Å²) in [5, 5.41) is 13.8. The molecule has 0 N–H and O–H groups in total. The smallest absolute Gasteiger partial charge is 0.332 e. The van der Waals surface area contributed by atoms with Crippen LogP contribution in [0.4, 0.5) is 5.69 Å². The Hall–Kier alpha value is -4.02. The van der Waals surface area contributed by atoms with Gasteiger partial charge in [-0.3, -0.25) is 9.80 Å². The maximum Gasteiger partial charge on any atom is 0.332 e. The van der Waals surface area contributed by atoms with Crippen molar-refractivity contribution in [2.24, 2.45) is 5.92 Å². The van der Waals surface area contributed by atoms with Crippen LogP contribution in [0.3, 0.4) is 0 Å². The quantitative estimate of drug-likeness (QED) is 0.418. The van der Waals surface area contributed by atoms with Crippen LogP contribution < -0.4 is 5.01 Å². The molecular formula is C26H20ClN3O4. The Morgan fingerprint density at radius 2 is 1.41 bits per heavy atom. The zero-order valence-electron chi connectivity index (χ0n) is 18.4. The van der Waals surface area contributed by atoms with Gasteiger partial charge in [-0.05, 0) is 46.5 Å². The Morgan fingerprint density at radius 1 is 0.882 bits per heavy atom. The molecule has 5 rings (SSSR count). The van der Waals surface area contributed by atoms with E-state index in [-0.39, 0.29) is 0 Å². The fraction of sp³-hybridized carbons (Fsp3) is 0.192. The number of nitrogens with zero attached hydrogens (tertiary/aromatic N) is 3. The van der Waals surface area contributed by atoms with Gasteiger partial charge in [-0.1, -0.05) is 60.1 Å². The van der Waals surface area contributed by atoms with E-state index in [9.17, 15) is 14.9 Å². The van der Waals surface area contributed by atoms with Gasteiger partial charge < -0.3 is 9.47 Å². The van der Waals surface area contributed by atoms with E-state index in [0.717, 1.165) is 22.3 Å². The highest BCUT2D eigenvalue weighted by molar-refractivity contribution is 6.30. The number of halogens is 1. The number of esters is 2. The second kappa shape index (κ2) is 8.08. The third-order valence-corrected chi connectivity index (χ3v) is 6.87. The molecule has 2 aliphatic rings. The van der Waals surface area contributed by atoms with Gasteiger partial charge in [0, 0.05) is 5.02 Å². The van der Waals surface area contributed by atoms with Crippen LogP contribution in [0.2, 0.25) is 5.02 Å². The van der Waals surface area contributed by atoms with Crippen molar-refractivity contribution in [3.63, 3.8) is 0 Å². The lowest BCUT2D eigenvalue weighted by Gasteiger charge is -2.41. The van der Waals surface area contributed by atoms with E-state index >= 15 is 0 Å². The fourth-order valence-corrected chi connectivity index (χ4v) is 5.53. The van der Waals surface area contributed by atoms with E-state index in [1.54, 1.807) is 29.3 Å². The van der Waals surface area contributed by atoms with Gasteiger partial charge in [0.2, 0.25) is 6.19 Å². The van der Waals surface area contributed by atoms with Crippen molar-refractivity contribution in [3.05, 3.63) is 88.9 Å². The molecule has 1 fully saturated rings. The van der Waals surface area contributed by atoms with E-state index in [2.05, 4.69) is 6.19 Å². The highest BCUT2D eigenvalue weighted by Gasteiger charge is 2.69. The number of hydrazine groups is 1. The number of ether oxygens (including phenoxy) is 2. The van der Waals surface area contributed by atoms with Crippen LogP contribution in [0.5, 0.6) is 0 Å². The third kappa shape index (κ3) is 2.76. The van der Waals surface area contributed by atoms with Crippen LogP contribution >= 0.6 is 11.6 Å². The molecule has 8 heteroatoms. The molecule has 3 aromatic carbocycles. The van der Waals surface area contributed by atoms with Crippen LogP contribution in [0.15, 0.2) is 72.8 Å². The van der Waals surface area contributed by atoms with E-state index in [1.807, 2.05) is 48.5 Å². The standard InChI is InChI=1S/C26H20ClN3O4/c1-33-24(31)22-23(25(32)34-2)29(15-28)30(17-13-11-16(27)12-14-17)26(22)20-9-5-3-7-18(20)19-8-4-6-10-21(19)26/h3-14,22-23H,1-2H3/t22-,23+/m1/s1. The first-order valence-corrected chi connectivity index (χ1v) is 11.0. The molecule has 1 heterocycles. The monoisotopic (exact) mass is 473 g/mol. The number of benzene rings is 3. The average Bonchev–Trinajstić information content (AvgIpc) is 3.35. The second-order valence-corrected chi connectivity index (χ2v) is 8.50. The van der Waals surface area contributed by atoms with E-state index in [0.29, 0.717) is 10.7 Å². The summed E-state index contributed by atoms with van der Waals surface area (Å²) in [4.78, 5) is 26.6. The molecule has 0 radical (unpaired) electrons. The summed E-state index contributed by atoms with van der Waals surface area (Å²) in [6, 6.07) is 21.0. The Kier molecular flexibility index (Phi) is 5.18. The Morgan fingerprint density at radius 3 is 1.91 bits per heavy atom. The molecule has 3 aromatic rings. The molecule has 0 bridgehead atoms. The Balaban J connectivity index is 1.94. The normalized spacial score (nSPS) is 19.4. The molecule has 7 nitrogen and oxygen atoms in total. The Labute approximate surface area is 201 Å². The molecule has 1 spiro atoms. The maximum absolute atomic E-state index is 13.5. The van der Waals surface area contributed by atoms with Crippen molar-refractivity contribution in [3.8, 4) is 17.3 Å². The maximum atomic E-state index is 13.5. The molecule has 1 aliphatic heterocycles. The molecule has 1 aliphatic carbocycles. The number of fused-ring (bicyclic) bond motifs is 5. The van der Waals surface area contributed by atoms with Crippen molar-refractivity contribution in [2.45, 2.75) is 11.6 Å². The molecule has 0 amide bonds. The minimum Gasteiger partial charge on any atom is -0.469 e. The van der Waals surface area contributed by atoms with Crippen molar-refractivity contribution in [1.82, 2.24) is 5.01 Å². The number of anilines is 1. The fourth-order valence-electron chi connectivity index (χ4n) is 5.41. The highest BCUT2D eigenvalue weighted by Crippen LogP contribution is 2.60. The lowest BCUT2D eigenvalue weighted by atomic mass is 9.73. The Bertz CT molecular complexity index is 1290. The summed E-state index contributed by atoms with van der Waals surface area (Å²) in [5.74, 6) is -2.45. The first-order valence-electron chi connectivity index (χ1n) is 10.6. The lowest BCUT2D eigenvalue weighted by molar-refractivity contribution is -0.156. The summed E-state index contributed by atoms with van der Waals surface area (Å²) < 4.78 is 10.3. The molecule has 0 unspecified atom stereocenters. The molecular weight excluding hydrogens is 454 g/mol. The number of hydrogen-bond donors (Lipinski definition) is 0. The van der Waals surface area contributed by atoms with Crippen molar-refractivity contribution in [2.75, 3.05) is 19.2 Å². The van der Waals surface area contributed by atoms with Gasteiger partial charge in [0.1, 0.15) is 11.5 Å². The van der Waals surface area contributed by atoms with Gasteiger partial charge in [-0.25, -0.2) is 9.80 Å². The van der Waals surface area contributed by atoms with Gasteiger partial charge >= 0.3 is 11.9 Å². The summed E-state index contributed by atoms with van der Waals surface area (Å²) >= 11 is 6.16. The minimum absolute atomic E-state index is 0.516. The van der Waals surface area contributed by atoms with E-state index in [1.165, 1.54) is 19.2 Å². The van der Waals surface area contributed by atoms with Crippen molar-refractivity contribution in [1.29, 1.82) is 5.26 Å². The lowest BCUT2D eigenvalue weighted by Crippen LogP contribution is -2.50. The first kappa shape index (κ1) is 21.8. The summed E-state index contributed by atoms with van der Waals surface area (Å²) in [6.45, 7) is 0. The number of hydrogen-bond acceptors (Lipinski definition) is 7. The summed E-state index contributed by atoms with van der Waals surface area (Å²) in [7, 11) is 2.51. The van der Waals surface area contributed by atoms with Gasteiger partial charge in [0.15, 0.2) is 6.04 Å². The molecule has 0 aromatic heterocycles. The number of carbonyl (C=O) groups excluding carboxylic acids is 2. The van der Waals surface area contributed by atoms with E-state index < -0.39 is 29.4 Å². The molecule has 2 atom stereocenters. The highest BCUT2D eigenvalue weighted by atomic mass is 35.5. The summed E-state index contributed by atoms with van der Waals surface area (Å²) in [5.41, 5.74) is 2.73. The predicted octanol–water partition coefficient (Wildman–Crippen LogP) is 4.11. The van der Waals surface area contributed by atoms with Gasteiger partial charge in [0.25, 0.3) is 0 Å². The van der Waals surface area contributed by atoms with Crippen LogP contribution in [0.1, 0.15) is 11.1 Å². The van der Waals surface area contributed by atoms with Gasteiger partial charge in [-0.15, -0.1) is 0 Å². The first-order chi connectivity index (χ1) is 16.5. The van der Waals surface area contributed by atoms with Gasteiger partial charge in [0.05, 0.1) is 19.9 Å². The van der Waals surface area contributed by atoms with Crippen LogP contribution in [-0.2, 0) is 24.6 Å². The molecule has 34 heavy (non-hydrogen) atoms. The number of nitriles is 1. The average molecular weight is 474 g/mol. The molecule has 1 saturated heterocycles. The number of rotatable bonds is 3. The van der Waals surface area contributed by atoms with Crippen molar-refractivity contribution < 1.29 is 19.1 Å². The van der Waals surface area contributed by atoms with Crippen LogP contribution in [-0.4, -0.2) is 37.2 Å². The number of methoxy groups -OCH3 is 2. The molecule has 170 valence electrons. The van der Waals surface area contributed by atoms with Gasteiger partial charge in [-0.2, -0.15) is 5.26 Å². The predicted molar refractivity (Wildman–Crippen MR) is 125 cm³/mol. The molecule has 0 saturated carbocycles. The van der Waals surface area contributed by atoms with E-state index in [4.69, 9.17) is 21.1 Å². The zero-order valence-corrected chi connectivity index (χ0v) is 19.2. The second-order valence-electron chi connectivity index (χ2n) is 8.06. The SMILES string of the molecule is COC(=O)[C@@H]1[C@H](C(=O)OC)C2(c3ccccc3-c3ccccc32)N(c2ccc(Cl)cc2)N1C#N. The largest absolute Gasteiger partial charge is 0.469 e.